The molecule has 208 valence electrons. The van der Waals surface area contributed by atoms with Crippen molar-refractivity contribution in [2.24, 2.45) is 17.0 Å². The summed E-state index contributed by atoms with van der Waals surface area (Å²) < 4.78 is 34.3. The lowest BCUT2D eigenvalue weighted by molar-refractivity contribution is -0.326. The maximum atomic E-state index is 12.9. The lowest BCUT2D eigenvalue weighted by atomic mass is 9.87. The van der Waals surface area contributed by atoms with Gasteiger partial charge in [0.25, 0.3) is 0 Å². The van der Waals surface area contributed by atoms with E-state index in [1.54, 1.807) is 44.2 Å². The van der Waals surface area contributed by atoms with Gasteiger partial charge in [0.05, 0.1) is 23.8 Å². The van der Waals surface area contributed by atoms with Crippen molar-refractivity contribution < 1.29 is 47.9 Å². The van der Waals surface area contributed by atoms with Crippen LogP contribution in [0.5, 0.6) is 0 Å². The SMILES string of the molecule is CO[C@H]1OC(COC(C)=O)[C@@H](O[C@@H]2OC(C(C)=O)[C@@H](O)C(C)[C@@H]2OC(=O)c2ccccc2)C(C)[C@@H]1N=[N+]=[N-]. The summed E-state index contributed by atoms with van der Waals surface area (Å²) in [5.74, 6) is -2.99. The summed E-state index contributed by atoms with van der Waals surface area (Å²) in [4.78, 5) is 39.6. The van der Waals surface area contributed by atoms with Crippen molar-refractivity contribution >= 4 is 17.7 Å². The van der Waals surface area contributed by atoms with Crippen LogP contribution in [-0.2, 0) is 38.0 Å². The third-order valence-corrected chi connectivity index (χ3v) is 6.74. The predicted molar refractivity (Wildman–Crippen MR) is 129 cm³/mol. The van der Waals surface area contributed by atoms with E-state index < -0.39 is 78.7 Å². The molecule has 2 saturated heterocycles. The summed E-state index contributed by atoms with van der Waals surface area (Å²) in [7, 11) is 1.38. The quantitative estimate of drug-likeness (QED) is 0.213. The molecule has 0 bridgehead atoms. The van der Waals surface area contributed by atoms with Crippen LogP contribution in [0.1, 0.15) is 38.1 Å². The highest BCUT2D eigenvalue weighted by atomic mass is 16.7. The number of methoxy groups -OCH3 is 1. The Kier molecular flexibility index (Phi) is 10.2. The highest BCUT2D eigenvalue weighted by Gasteiger charge is 2.52. The number of nitrogens with zero attached hydrogens (tertiary/aromatic N) is 3. The molecule has 38 heavy (non-hydrogen) atoms. The molecule has 13 nitrogen and oxygen atoms in total. The minimum absolute atomic E-state index is 0.220. The van der Waals surface area contributed by atoms with Gasteiger partial charge < -0.3 is 33.5 Å². The second-order valence-electron chi connectivity index (χ2n) is 9.36. The molecule has 4 unspecified atom stereocenters. The van der Waals surface area contributed by atoms with Crippen LogP contribution in [0.15, 0.2) is 35.4 Å². The van der Waals surface area contributed by atoms with Gasteiger partial charge in [-0.2, -0.15) is 0 Å². The van der Waals surface area contributed by atoms with Crippen LogP contribution in [0.2, 0.25) is 0 Å². The standard InChI is InChI=1S/C25H33N3O10/c1-12-18(27-28-26)24(33-5)35-17(11-34-15(4)30)20(12)37-25-21(13(2)19(31)22(38-25)14(3)29)36-23(32)16-9-7-6-8-10-16/h6-10,12-13,17-22,24-25,31H,11H2,1-5H3/t12?,13?,17?,18-,19-,20-,21-,22?,24-,25+/m0/s1. The maximum absolute atomic E-state index is 12.9. The van der Waals surface area contributed by atoms with E-state index in [0.29, 0.717) is 0 Å². The fourth-order valence-corrected chi connectivity index (χ4v) is 4.62. The fourth-order valence-electron chi connectivity index (χ4n) is 4.62. The zero-order chi connectivity index (χ0) is 28.0. The van der Waals surface area contributed by atoms with Crippen LogP contribution in [0, 0.1) is 11.8 Å². The van der Waals surface area contributed by atoms with Crippen molar-refractivity contribution in [3.05, 3.63) is 46.3 Å². The van der Waals surface area contributed by atoms with E-state index in [1.165, 1.54) is 21.0 Å². The van der Waals surface area contributed by atoms with Gasteiger partial charge in [-0.1, -0.05) is 37.2 Å². The number of benzene rings is 1. The highest BCUT2D eigenvalue weighted by molar-refractivity contribution is 5.89. The molecule has 10 atom stereocenters. The third kappa shape index (κ3) is 6.68. The molecule has 1 aromatic carbocycles. The Labute approximate surface area is 219 Å². The normalized spacial score (nSPS) is 35.0. The number of aliphatic hydroxyl groups excluding tert-OH is 1. The van der Waals surface area contributed by atoms with Crippen LogP contribution in [0.3, 0.4) is 0 Å². The average molecular weight is 536 g/mol. The molecule has 0 aromatic heterocycles. The number of ether oxygens (including phenoxy) is 6. The molecule has 0 spiro atoms. The van der Waals surface area contributed by atoms with Crippen LogP contribution in [0.25, 0.3) is 10.4 Å². The number of esters is 2. The maximum Gasteiger partial charge on any atom is 0.338 e. The number of hydrogen-bond donors (Lipinski definition) is 1. The molecular weight excluding hydrogens is 502 g/mol. The van der Waals surface area contributed by atoms with Crippen LogP contribution in [-0.4, -0.2) is 85.7 Å². The van der Waals surface area contributed by atoms with E-state index in [9.17, 15) is 19.5 Å². The van der Waals surface area contributed by atoms with Crippen LogP contribution >= 0.6 is 0 Å². The molecular formula is C25H33N3O10. The van der Waals surface area contributed by atoms with Crippen molar-refractivity contribution in [3.8, 4) is 0 Å². The molecule has 2 aliphatic rings. The number of ketones is 1. The minimum Gasteiger partial charge on any atom is -0.463 e. The van der Waals surface area contributed by atoms with Crippen LogP contribution < -0.4 is 0 Å². The minimum atomic E-state index is -1.32. The summed E-state index contributed by atoms with van der Waals surface area (Å²) in [6, 6.07) is 7.41. The van der Waals surface area contributed by atoms with Crippen LogP contribution in [0.4, 0.5) is 0 Å². The first-order valence-electron chi connectivity index (χ1n) is 12.2. The average Bonchev–Trinajstić information content (AvgIpc) is 2.89. The zero-order valence-corrected chi connectivity index (χ0v) is 21.8. The molecule has 2 heterocycles. The molecule has 0 amide bonds. The number of azide groups is 1. The highest BCUT2D eigenvalue weighted by Crippen LogP contribution is 2.36. The Bertz CT molecular complexity index is 1030. The summed E-state index contributed by atoms with van der Waals surface area (Å²) in [6.07, 6.45) is -7.74. The van der Waals surface area contributed by atoms with Gasteiger partial charge in [-0.3, -0.25) is 9.59 Å². The monoisotopic (exact) mass is 535 g/mol. The Morgan fingerprint density at radius 3 is 2.32 bits per heavy atom. The van der Waals surface area contributed by atoms with Gasteiger partial charge in [0.2, 0.25) is 0 Å². The second-order valence-corrected chi connectivity index (χ2v) is 9.36. The summed E-state index contributed by atoms with van der Waals surface area (Å²) >= 11 is 0. The number of carbonyl (C=O) groups is 3. The lowest BCUT2D eigenvalue weighted by Gasteiger charge is -2.47. The molecule has 1 N–H and O–H groups in total. The van der Waals surface area contributed by atoms with E-state index in [1.807, 2.05) is 0 Å². The largest absolute Gasteiger partial charge is 0.463 e. The van der Waals surface area contributed by atoms with E-state index in [4.69, 9.17) is 34.0 Å². The van der Waals surface area contributed by atoms with Crippen molar-refractivity contribution in [1.82, 2.24) is 0 Å². The molecule has 1 aromatic rings. The van der Waals surface area contributed by atoms with Crippen molar-refractivity contribution in [3.63, 3.8) is 0 Å². The smallest absolute Gasteiger partial charge is 0.338 e. The topological polar surface area (TPSA) is 176 Å². The van der Waals surface area contributed by atoms with Gasteiger partial charge in [0.15, 0.2) is 24.5 Å². The van der Waals surface area contributed by atoms with Gasteiger partial charge in [-0.05, 0) is 30.5 Å². The third-order valence-electron chi connectivity index (χ3n) is 6.74. The molecule has 13 heteroatoms. The van der Waals surface area contributed by atoms with Gasteiger partial charge in [0, 0.05) is 24.9 Å². The first kappa shape index (κ1) is 29.5. The fraction of sp³-hybridized carbons (Fsp3) is 0.640. The number of Topliss-reactive ketones (excluding diaryl/α,β-unsaturated/α-hetero) is 1. The van der Waals surface area contributed by atoms with Gasteiger partial charge in [-0.25, -0.2) is 4.79 Å². The van der Waals surface area contributed by atoms with Gasteiger partial charge >= 0.3 is 11.9 Å². The van der Waals surface area contributed by atoms with Gasteiger partial charge in [-0.15, -0.1) is 0 Å². The van der Waals surface area contributed by atoms with Gasteiger partial charge in [0.1, 0.15) is 18.8 Å². The first-order chi connectivity index (χ1) is 18.1. The molecule has 0 saturated carbocycles. The zero-order valence-electron chi connectivity index (χ0n) is 21.8. The Hall–Kier alpha value is -3.06. The van der Waals surface area contributed by atoms with Crippen molar-refractivity contribution in [2.75, 3.05) is 13.7 Å². The lowest BCUT2D eigenvalue weighted by Crippen LogP contribution is -2.61. The Morgan fingerprint density at radius 1 is 1.05 bits per heavy atom. The molecule has 0 radical (unpaired) electrons. The number of hydrogen-bond acceptors (Lipinski definition) is 11. The number of rotatable bonds is 9. The first-order valence-corrected chi connectivity index (χ1v) is 12.2. The predicted octanol–water partition coefficient (Wildman–Crippen LogP) is 2.16. The summed E-state index contributed by atoms with van der Waals surface area (Å²) in [6.45, 7) is 5.63. The summed E-state index contributed by atoms with van der Waals surface area (Å²) in [5, 5.41) is 14.6. The molecule has 2 fully saturated rings. The van der Waals surface area contributed by atoms with E-state index in [-0.39, 0.29) is 12.2 Å². The Balaban J connectivity index is 1.94. The number of carbonyl (C=O) groups excluding carboxylic acids is 3. The van der Waals surface area contributed by atoms with Crippen molar-refractivity contribution in [1.29, 1.82) is 0 Å². The van der Waals surface area contributed by atoms with Crippen molar-refractivity contribution in [2.45, 2.75) is 76.8 Å². The van der Waals surface area contributed by atoms with E-state index in [0.717, 1.165) is 0 Å². The molecule has 2 aliphatic heterocycles. The Morgan fingerprint density at radius 2 is 1.74 bits per heavy atom. The molecule has 0 aliphatic carbocycles. The molecule has 3 rings (SSSR count). The second kappa shape index (κ2) is 13.1. The summed E-state index contributed by atoms with van der Waals surface area (Å²) in [5.41, 5.74) is 9.37. The number of aliphatic hydroxyl groups is 1. The van der Waals surface area contributed by atoms with E-state index in [2.05, 4.69) is 10.0 Å². The van der Waals surface area contributed by atoms with E-state index >= 15 is 0 Å².